The molecule has 1 heterocycles. The number of halogens is 1. The van der Waals surface area contributed by atoms with E-state index in [2.05, 4.69) is 15.9 Å². The third-order valence-corrected chi connectivity index (χ3v) is 5.37. The fourth-order valence-electron chi connectivity index (χ4n) is 3.24. The fraction of sp³-hybridized carbons (Fsp3) is 0.125. The van der Waals surface area contributed by atoms with Gasteiger partial charge in [-0.3, -0.25) is 4.79 Å². The molecule has 0 amide bonds. The van der Waals surface area contributed by atoms with Gasteiger partial charge in [0.15, 0.2) is 11.5 Å². The predicted octanol–water partition coefficient (Wildman–Crippen LogP) is 5.52. The minimum absolute atomic E-state index is 0.0864. The molecule has 0 saturated carbocycles. The monoisotopic (exact) mass is 482 g/mol. The molecule has 0 saturated heterocycles. The van der Waals surface area contributed by atoms with Crippen LogP contribution in [0.15, 0.2) is 74.5 Å². The first-order chi connectivity index (χ1) is 15.0. The Labute approximate surface area is 186 Å². The van der Waals surface area contributed by atoms with E-state index >= 15 is 0 Å². The van der Waals surface area contributed by atoms with Gasteiger partial charge in [-0.1, -0.05) is 34.1 Å². The highest BCUT2D eigenvalue weighted by molar-refractivity contribution is 9.10. The molecule has 0 atom stereocenters. The normalized spacial score (nSPS) is 10.8. The maximum Gasteiger partial charge on any atom is 0.204 e. The molecule has 0 aliphatic heterocycles. The molecule has 0 unspecified atom stereocenters. The number of phenols is 1. The van der Waals surface area contributed by atoms with Crippen LogP contribution in [0.25, 0.3) is 22.1 Å². The van der Waals surface area contributed by atoms with Gasteiger partial charge in [0.2, 0.25) is 5.43 Å². The molecular weight excluding hydrogens is 464 g/mol. The molecule has 0 radical (unpaired) electrons. The molecule has 31 heavy (non-hydrogen) atoms. The van der Waals surface area contributed by atoms with Crippen LogP contribution in [0.2, 0.25) is 0 Å². The zero-order valence-corrected chi connectivity index (χ0v) is 18.4. The summed E-state index contributed by atoms with van der Waals surface area (Å²) in [6.07, 6.45) is 1.36. The Morgan fingerprint density at radius 3 is 2.42 bits per heavy atom. The van der Waals surface area contributed by atoms with Crippen molar-refractivity contribution in [1.29, 1.82) is 0 Å². The zero-order valence-electron chi connectivity index (χ0n) is 16.8. The highest BCUT2D eigenvalue weighted by Gasteiger charge is 2.16. The first-order valence-corrected chi connectivity index (χ1v) is 10.2. The van der Waals surface area contributed by atoms with Crippen LogP contribution in [0.4, 0.5) is 0 Å². The van der Waals surface area contributed by atoms with Crippen molar-refractivity contribution in [3.05, 3.63) is 81.1 Å². The lowest BCUT2D eigenvalue weighted by atomic mass is 10.0. The molecule has 1 aromatic heterocycles. The van der Waals surface area contributed by atoms with E-state index in [9.17, 15) is 9.90 Å². The first kappa shape index (κ1) is 20.8. The van der Waals surface area contributed by atoms with Crippen LogP contribution < -0.4 is 19.6 Å². The van der Waals surface area contributed by atoms with Gasteiger partial charge in [-0.25, -0.2) is 0 Å². The van der Waals surface area contributed by atoms with Crippen LogP contribution in [-0.4, -0.2) is 19.3 Å². The van der Waals surface area contributed by atoms with E-state index < -0.39 is 0 Å². The number of benzene rings is 3. The van der Waals surface area contributed by atoms with Crippen LogP contribution >= 0.6 is 15.9 Å². The highest BCUT2D eigenvalue weighted by atomic mass is 79.9. The van der Waals surface area contributed by atoms with Crippen LogP contribution in [0.3, 0.4) is 0 Å². The Hall–Kier alpha value is -3.45. The minimum Gasteiger partial charge on any atom is -0.507 e. The Balaban J connectivity index is 1.68. The third kappa shape index (κ3) is 4.22. The lowest BCUT2D eigenvalue weighted by Crippen LogP contribution is -2.06. The Kier molecular flexibility index (Phi) is 5.86. The molecule has 6 nitrogen and oxygen atoms in total. The SMILES string of the molecule is COc1ccc(-c2coc3cc(OCc4ccc(Br)cc4)cc(O)c3c2=O)cc1OC. The number of fused-ring (bicyclic) bond motifs is 1. The van der Waals surface area contributed by atoms with Crippen molar-refractivity contribution >= 4 is 26.9 Å². The van der Waals surface area contributed by atoms with E-state index in [1.807, 2.05) is 24.3 Å². The third-order valence-electron chi connectivity index (χ3n) is 4.84. The van der Waals surface area contributed by atoms with Gasteiger partial charge in [-0.2, -0.15) is 0 Å². The Bertz CT molecular complexity index is 1290. The van der Waals surface area contributed by atoms with E-state index in [1.165, 1.54) is 26.5 Å². The first-order valence-electron chi connectivity index (χ1n) is 9.38. The van der Waals surface area contributed by atoms with Crippen LogP contribution in [0, 0.1) is 0 Å². The summed E-state index contributed by atoms with van der Waals surface area (Å²) in [7, 11) is 3.06. The molecule has 3 aromatic carbocycles. The molecule has 0 aliphatic carbocycles. The van der Waals surface area contributed by atoms with Crippen molar-refractivity contribution in [1.82, 2.24) is 0 Å². The summed E-state index contributed by atoms with van der Waals surface area (Å²) in [5, 5.41) is 10.6. The second-order valence-electron chi connectivity index (χ2n) is 6.78. The number of aromatic hydroxyl groups is 1. The van der Waals surface area contributed by atoms with E-state index in [1.54, 1.807) is 24.3 Å². The van der Waals surface area contributed by atoms with Crippen LogP contribution in [-0.2, 0) is 6.61 Å². The largest absolute Gasteiger partial charge is 0.507 e. The number of ether oxygens (including phenoxy) is 3. The number of methoxy groups -OCH3 is 2. The van der Waals surface area contributed by atoms with Crippen molar-refractivity contribution in [2.45, 2.75) is 6.61 Å². The Morgan fingerprint density at radius 2 is 1.71 bits per heavy atom. The second kappa shape index (κ2) is 8.73. The molecule has 1 N–H and O–H groups in total. The second-order valence-corrected chi connectivity index (χ2v) is 7.69. The fourth-order valence-corrected chi connectivity index (χ4v) is 3.51. The summed E-state index contributed by atoms with van der Waals surface area (Å²) in [6, 6.07) is 15.8. The Morgan fingerprint density at radius 1 is 0.968 bits per heavy atom. The number of hydrogen-bond acceptors (Lipinski definition) is 6. The summed E-state index contributed by atoms with van der Waals surface area (Å²) in [6.45, 7) is 0.312. The molecule has 0 bridgehead atoms. The van der Waals surface area contributed by atoms with Gasteiger partial charge in [0.25, 0.3) is 0 Å². The lowest BCUT2D eigenvalue weighted by Gasteiger charge is -2.11. The van der Waals surface area contributed by atoms with Crippen molar-refractivity contribution in [2.75, 3.05) is 14.2 Å². The average Bonchev–Trinajstić information content (AvgIpc) is 2.78. The van der Waals surface area contributed by atoms with Gasteiger partial charge in [0.1, 0.15) is 35.3 Å². The van der Waals surface area contributed by atoms with E-state index in [4.69, 9.17) is 18.6 Å². The molecular formula is C24H19BrO6. The van der Waals surface area contributed by atoms with E-state index in [-0.39, 0.29) is 22.1 Å². The quantitative estimate of drug-likeness (QED) is 0.389. The summed E-state index contributed by atoms with van der Waals surface area (Å²) < 4.78 is 23.0. The average molecular weight is 483 g/mol. The van der Waals surface area contributed by atoms with Gasteiger partial charge >= 0.3 is 0 Å². The van der Waals surface area contributed by atoms with E-state index in [0.29, 0.717) is 35.0 Å². The van der Waals surface area contributed by atoms with Crippen molar-refractivity contribution in [3.8, 4) is 34.1 Å². The number of hydrogen-bond donors (Lipinski definition) is 1. The highest BCUT2D eigenvalue weighted by Crippen LogP contribution is 2.34. The van der Waals surface area contributed by atoms with E-state index in [0.717, 1.165) is 10.0 Å². The van der Waals surface area contributed by atoms with Crippen molar-refractivity contribution in [3.63, 3.8) is 0 Å². The molecule has 7 heteroatoms. The smallest absolute Gasteiger partial charge is 0.204 e. The van der Waals surface area contributed by atoms with Crippen molar-refractivity contribution < 1.29 is 23.7 Å². The molecule has 0 spiro atoms. The van der Waals surface area contributed by atoms with Gasteiger partial charge in [-0.15, -0.1) is 0 Å². The minimum atomic E-state index is -0.356. The van der Waals surface area contributed by atoms with Gasteiger partial charge in [0.05, 0.1) is 19.8 Å². The molecule has 0 fully saturated rings. The number of phenolic OH excluding ortho intramolecular Hbond substituents is 1. The summed E-state index contributed by atoms with van der Waals surface area (Å²) in [5.41, 5.74) is 1.73. The summed E-state index contributed by atoms with van der Waals surface area (Å²) >= 11 is 3.39. The molecule has 4 rings (SSSR count). The van der Waals surface area contributed by atoms with Gasteiger partial charge < -0.3 is 23.7 Å². The topological polar surface area (TPSA) is 78.1 Å². The lowest BCUT2D eigenvalue weighted by molar-refractivity contribution is 0.304. The maximum absolute atomic E-state index is 13.1. The van der Waals surface area contributed by atoms with Crippen molar-refractivity contribution in [2.24, 2.45) is 0 Å². The predicted molar refractivity (Wildman–Crippen MR) is 121 cm³/mol. The molecule has 4 aromatic rings. The van der Waals surface area contributed by atoms with Crippen LogP contribution in [0.5, 0.6) is 23.0 Å². The zero-order chi connectivity index (χ0) is 22.0. The van der Waals surface area contributed by atoms with Gasteiger partial charge in [-0.05, 0) is 35.4 Å². The maximum atomic E-state index is 13.1. The van der Waals surface area contributed by atoms with Gasteiger partial charge in [0, 0.05) is 16.6 Å². The standard InChI is InChI=1S/C24H19BrO6/c1-28-20-8-5-15(9-21(20)29-2)18-13-31-22-11-17(10-19(26)23(22)24(18)27)30-12-14-3-6-16(25)7-4-14/h3-11,13,26H,12H2,1-2H3. The number of rotatable bonds is 6. The summed E-state index contributed by atoms with van der Waals surface area (Å²) in [5.74, 6) is 1.22. The molecule has 158 valence electrons. The van der Waals surface area contributed by atoms with Crippen LogP contribution in [0.1, 0.15) is 5.56 Å². The summed E-state index contributed by atoms with van der Waals surface area (Å²) in [4.78, 5) is 13.1. The molecule has 0 aliphatic rings.